The van der Waals surface area contributed by atoms with Gasteiger partial charge in [-0.05, 0) is 13.3 Å². The molecule has 0 aliphatic heterocycles. The minimum absolute atomic E-state index is 0.0247. The molecule has 106 valence electrons. The number of unbranched alkanes of at least 4 members (excludes halogenated alkanes) is 3. The smallest absolute Gasteiger partial charge is 0.313 e. The minimum atomic E-state index is -0.851. The zero-order chi connectivity index (χ0) is 14.0. The molecule has 0 rings (SSSR count). The fourth-order valence-electron chi connectivity index (χ4n) is 1.49. The molecule has 0 unspecified atom stereocenters. The predicted octanol–water partition coefficient (Wildman–Crippen LogP) is 3.31. The summed E-state index contributed by atoms with van der Waals surface area (Å²) in [5.41, 5.74) is 0. The van der Waals surface area contributed by atoms with Crippen LogP contribution in [0.25, 0.3) is 0 Å². The fraction of sp³-hybridized carbons (Fsp3) is 0.833. The highest BCUT2D eigenvalue weighted by atomic mass is 32.2. The second-order valence-electron chi connectivity index (χ2n) is 4.31. The molecule has 0 aromatic carbocycles. The molecule has 0 aromatic rings. The van der Waals surface area contributed by atoms with E-state index >= 15 is 0 Å². The maximum absolute atomic E-state index is 10.6. The van der Waals surface area contributed by atoms with Crippen LogP contribution < -0.4 is 0 Å². The number of rotatable bonds is 11. The Morgan fingerprint density at radius 3 is 1.89 bits per heavy atom. The van der Waals surface area contributed by atoms with Crippen LogP contribution in [0.15, 0.2) is 0 Å². The SMILES string of the molecule is CCCCCCC(C)(SCC(=O)O)SCC(=O)O. The lowest BCUT2D eigenvalue weighted by atomic mass is 10.1. The number of carbonyl (C=O) groups is 2. The van der Waals surface area contributed by atoms with Crippen LogP contribution in [-0.4, -0.2) is 37.7 Å². The summed E-state index contributed by atoms with van der Waals surface area (Å²) in [5.74, 6) is -1.65. The van der Waals surface area contributed by atoms with E-state index in [9.17, 15) is 9.59 Å². The minimum Gasteiger partial charge on any atom is -0.481 e. The van der Waals surface area contributed by atoms with E-state index in [1.54, 1.807) is 0 Å². The van der Waals surface area contributed by atoms with Gasteiger partial charge in [0.1, 0.15) is 0 Å². The predicted molar refractivity (Wildman–Crippen MR) is 77.4 cm³/mol. The van der Waals surface area contributed by atoms with Gasteiger partial charge in [0.2, 0.25) is 0 Å². The van der Waals surface area contributed by atoms with Crippen molar-refractivity contribution in [3.8, 4) is 0 Å². The first-order valence-corrected chi connectivity index (χ1v) is 8.08. The molecule has 0 aliphatic carbocycles. The van der Waals surface area contributed by atoms with Crippen molar-refractivity contribution in [2.45, 2.75) is 50.0 Å². The van der Waals surface area contributed by atoms with Gasteiger partial charge in [0.15, 0.2) is 0 Å². The second kappa shape index (κ2) is 9.55. The van der Waals surface area contributed by atoms with Gasteiger partial charge in [-0.15, -0.1) is 23.5 Å². The fourth-order valence-corrected chi connectivity index (χ4v) is 3.61. The summed E-state index contributed by atoms with van der Waals surface area (Å²) in [7, 11) is 0. The van der Waals surface area contributed by atoms with E-state index in [-0.39, 0.29) is 15.6 Å². The summed E-state index contributed by atoms with van der Waals surface area (Å²) in [4.78, 5) is 21.2. The Bertz CT molecular complexity index is 251. The quantitative estimate of drug-likeness (QED) is 0.450. The van der Waals surface area contributed by atoms with Crippen LogP contribution in [-0.2, 0) is 9.59 Å². The van der Waals surface area contributed by atoms with Gasteiger partial charge >= 0.3 is 11.9 Å². The van der Waals surface area contributed by atoms with Crippen molar-refractivity contribution in [3.05, 3.63) is 0 Å². The molecule has 4 nitrogen and oxygen atoms in total. The average molecular weight is 294 g/mol. The van der Waals surface area contributed by atoms with Gasteiger partial charge in [0.25, 0.3) is 0 Å². The summed E-state index contributed by atoms with van der Waals surface area (Å²) in [6.45, 7) is 4.08. The number of thioether (sulfide) groups is 2. The largest absolute Gasteiger partial charge is 0.481 e. The number of hydrogen-bond acceptors (Lipinski definition) is 4. The third-order valence-electron chi connectivity index (χ3n) is 2.49. The molecule has 0 fully saturated rings. The normalized spacial score (nSPS) is 11.4. The van der Waals surface area contributed by atoms with E-state index < -0.39 is 11.9 Å². The topological polar surface area (TPSA) is 74.6 Å². The molecule has 0 radical (unpaired) electrons. The van der Waals surface area contributed by atoms with Crippen LogP contribution in [0.4, 0.5) is 0 Å². The molecular formula is C12H22O4S2. The van der Waals surface area contributed by atoms with Gasteiger partial charge in [-0.25, -0.2) is 0 Å². The molecule has 0 aliphatic rings. The highest BCUT2D eigenvalue weighted by Gasteiger charge is 2.27. The van der Waals surface area contributed by atoms with E-state index in [0.717, 1.165) is 25.7 Å². The first-order valence-electron chi connectivity index (χ1n) is 6.11. The third-order valence-corrected chi connectivity index (χ3v) is 5.61. The second-order valence-corrected chi connectivity index (χ2v) is 7.52. The van der Waals surface area contributed by atoms with Crippen LogP contribution in [0.2, 0.25) is 0 Å². The standard InChI is InChI=1S/C12H22O4S2/c1-3-4-5-6-7-12(2,17-8-10(13)14)18-9-11(15)16/h3-9H2,1-2H3,(H,13,14)(H,15,16). The first kappa shape index (κ1) is 17.6. The van der Waals surface area contributed by atoms with Crippen molar-refractivity contribution in [2.75, 3.05) is 11.5 Å². The van der Waals surface area contributed by atoms with Crippen molar-refractivity contribution in [1.82, 2.24) is 0 Å². The van der Waals surface area contributed by atoms with Gasteiger partial charge in [0, 0.05) is 0 Å². The van der Waals surface area contributed by atoms with Crippen LogP contribution >= 0.6 is 23.5 Å². The van der Waals surface area contributed by atoms with Crippen molar-refractivity contribution < 1.29 is 19.8 Å². The molecule has 0 atom stereocenters. The molecular weight excluding hydrogens is 272 g/mol. The van der Waals surface area contributed by atoms with Gasteiger partial charge < -0.3 is 10.2 Å². The van der Waals surface area contributed by atoms with Crippen molar-refractivity contribution >= 4 is 35.5 Å². The van der Waals surface area contributed by atoms with Gasteiger partial charge in [-0.2, -0.15) is 0 Å². The van der Waals surface area contributed by atoms with E-state index in [2.05, 4.69) is 6.92 Å². The van der Waals surface area contributed by atoms with Crippen LogP contribution in [0.1, 0.15) is 46.0 Å². The van der Waals surface area contributed by atoms with E-state index in [1.165, 1.54) is 29.9 Å². The van der Waals surface area contributed by atoms with Gasteiger partial charge in [-0.1, -0.05) is 32.6 Å². The molecule has 0 bridgehead atoms. The number of carboxylic acid groups (broad SMARTS) is 2. The van der Waals surface area contributed by atoms with Crippen LogP contribution in [0.3, 0.4) is 0 Å². The Morgan fingerprint density at radius 2 is 1.50 bits per heavy atom. The Hall–Kier alpha value is -0.360. The molecule has 0 heterocycles. The summed E-state index contributed by atoms with van der Waals surface area (Å²) in [6, 6.07) is 0. The van der Waals surface area contributed by atoms with Crippen LogP contribution in [0, 0.1) is 0 Å². The van der Waals surface area contributed by atoms with Gasteiger partial charge in [-0.3, -0.25) is 9.59 Å². The molecule has 0 saturated carbocycles. The van der Waals surface area contributed by atoms with E-state index in [4.69, 9.17) is 10.2 Å². The highest BCUT2D eigenvalue weighted by Crippen LogP contribution is 2.41. The lowest BCUT2D eigenvalue weighted by molar-refractivity contribution is -0.134. The number of hydrogen-bond donors (Lipinski definition) is 2. The van der Waals surface area contributed by atoms with E-state index in [1.807, 2.05) is 6.92 Å². The molecule has 18 heavy (non-hydrogen) atoms. The first-order chi connectivity index (χ1) is 8.39. The van der Waals surface area contributed by atoms with Gasteiger partial charge in [0.05, 0.1) is 15.6 Å². The molecule has 0 aromatic heterocycles. The van der Waals surface area contributed by atoms with Crippen LogP contribution in [0.5, 0.6) is 0 Å². The van der Waals surface area contributed by atoms with Crippen molar-refractivity contribution in [1.29, 1.82) is 0 Å². The lowest BCUT2D eigenvalue weighted by Gasteiger charge is -2.27. The summed E-state index contributed by atoms with van der Waals surface area (Å²) < 4.78 is -0.315. The van der Waals surface area contributed by atoms with E-state index in [0.29, 0.717) is 0 Å². The zero-order valence-corrected chi connectivity index (χ0v) is 12.6. The zero-order valence-electron chi connectivity index (χ0n) is 11.0. The summed E-state index contributed by atoms with van der Waals surface area (Å²) in [5, 5.41) is 17.4. The Morgan fingerprint density at radius 1 is 1.00 bits per heavy atom. The third kappa shape index (κ3) is 9.65. The van der Waals surface area contributed by atoms with Crippen molar-refractivity contribution in [2.24, 2.45) is 0 Å². The lowest BCUT2D eigenvalue weighted by Crippen LogP contribution is -2.20. The Kier molecular flexibility index (Phi) is 9.36. The molecule has 0 spiro atoms. The summed E-state index contributed by atoms with van der Waals surface area (Å²) in [6.07, 6.45) is 5.31. The average Bonchev–Trinajstić information content (AvgIpc) is 2.30. The summed E-state index contributed by atoms with van der Waals surface area (Å²) >= 11 is 2.66. The monoisotopic (exact) mass is 294 g/mol. The molecule has 2 N–H and O–H groups in total. The Labute approximate surface area is 117 Å². The number of carboxylic acids is 2. The number of aliphatic carboxylic acids is 2. The highest BCUT2D eigenvalue weighted by molar-refractivity contribution is 8.18. The molecule has 0 saturated heterocycles. The molecule has 6 heteroatoms. The molecule has 0 amide bonds. The Balaban J connectivity index is 4.19. The maximum Gasteiger partial charge on any atom is 0.313 e. The van der Waals surface area contributed by atoms with Crippen molar-refractivity contribution in [3.63, 3.8) is 0 Å². The maximum atomic E-state index is 10.6.